The highest BCUT2D eigenvalue weighted by Crippen LogP contribution is 2.21. The van der Waals surface area contributed by atoms with Crippen LogP contribution in [0.2, 0.25) is 5.02 Å². The van der Waals surface area contributed by atoms with Gasteiger partial charge in [0.15, 0.2) is 0 Å². The molecular weight excluding hydrogens is 378 g/mol. The fourth-order valence-electron chi connectivity index (χ4n) is 3.23. The molecule has 0 radical (unpaired) electrons. The Bertz CT molecular complexity index is 864. The van der Waals surface area contributed by atoms with E-state index in [0.29, 0.717) is 17.8 Å². The number of aryl methyl sites for hydroxylation is 1. The predicted molar refractivity (Wildman–Crippen MR) is 111 cm³/mol. The first kappa shape index (κ1) is 20.2. The number of benzene rings is 2. The lowest BCUT2D eigenvalue weighted by Crippen LogP contribution is -2.48. The summed E-state index contributed by atoms with van der Waals surface area (Å²) in [6, 6.07) is 12.9. The summed E-state index contributed by atoms with van der Waals surface area (Å²) in [6.07, 6.45) is 0. The van der Waals surface area contributed by atoms with E-state index in [1.165, 1.54) is 7.11 Å². The molecule has 6 nitrogen and oxygen atoms in total. The summed E-state index contributed by atoms with van der Waals surface area (Å²) in [5.74, 6) is -0.519. The van der Waals surface area contributed by atoms with Gasteiger partial charge in [-0.1, -0.05) is 23.7 Å². The molecule has 1 aliphatic heterocycles. The van der Waals surface area contributed by atoms with Crippen LogP contribution in [0.1, 0.15) is 15.9 Å². The normalized spacial score (nSPS) is 14.6. The molecule has 0 saturated carbocycles. The van der Waals surface area contributed by atoms with Gasteiger partial charge in [-0.15, -0.1) is 0 Å². The van der Waals surface area contributed by atoms with E-state index in [9.17, 15) is 9.59 Å². The van der Waals surface area contributed by atoms with Crippen LogP contribution in [-0.2, 0) is 9.53 Å². The zero-order valence-electron chi connectivity index (χ0n) is 16.1. The number of halogens is 1. The van der Waals surface area contributed by atoms with Gasteiger partial charge in [0, 0.05) is 42.6 Å². The second kappa shape index (κ2) is 9.08. The SMILES string of the molecule is COC(=O)c1ccc(C)c(NC(=O)CN2CCN(c3cccc(Cl)c3)CC2)c1. The Labute approximate surface area is 170 Å². The van der Waals surface area contributed by atoms with Crippen LogP contribution in [-0.4, -0.2) is 56.6 Å². The minimum atomic E-state index is -0.423. The third-order valence-corrected chi connectivity index (χ3v) is 5.08. The van der Waals surface area contributed by atoms with Crippen molar-refractivity contribution in [2.24, 2.45) is 0 Å². The van der Waals surface area contributed by atoms with Gasteiger partial charge in [0.1, 0.15) is 0 Å². The van der Waals surface area contributed by atoms with E-state index in [-0.39, 0.29) is 5.91 Å². The highest BCUT2D eigenvalue weighted by Gasteiger charge is 2.20. The lowest BCUT2D eigenvalue weighted by atomic mass is 10.1. The molecule has 148 valence electrons. The highest BCUT2D eigenvalue weighted by molar-refractivity contribution is 6.30. The molecule has 1 heterocycles. The van der Waals surface area contributed by atoms with Gasteiger partial charge in [-0.3, -0.25) is 9.69 Å². The maximum Gasteiger partial charge on any atom is 0.337 e. The van der Waals surface area contributed by atoms with Crippen molar-refractivity contribution in [2.75, 3.05) is 50.1 Å². The molecule has 0 spiro atoms. The Morgan fingerprint density at radius 3 is 2.54 bits per heavy atom. The van der Waals surface area contributed by atoms with Crippen LogP contribution in [0.5, 0.6) is 0 Å². The first-order valence-electron chi connectivity index (χ1n) is 9.18. The van der Waals surface area contributed by atoms with E-state index in [2.05, 4.69) is 15.1 Å². The smallest absolute Gasteiger partial charge is 0.337 e. The molecule has 0 aromatic heterocycles. The summed E-state index contributed by atoms with van der Waals surface area (Å²) in [5, 5.41) is 3.63. The predicted octanol–water partition coefficient (Wildman–Crippen LogP) is 3.20. The molecule has 28 heavy (non-hydrogen) atoms. The van der Waals surface area contributed by atoms with Crippen molar-refractivity contribution < 1.29 is 14.3 Å². The molecule has 3 rings (SSSR count). The van der Waals surface area contributed by atoms with Gasteiger partial charge < -0.3 is 15.0 Å². The van der Waals surface area contributed by atoms with Crippen molar-refractivity contribution in [3.05, 3.63) is 58.6 Å². The lowest BCUT2D eigenvalue weighted by molar-refractivity contribution is -0.117. The quantitative estimate of drug-likeness (QED) is 0.779. The van der Waals surface area contributed by atoms with E-state index < -0.39 is 5.97 Å². The standard InChI is InChI=1S/C21H24ClN3O3/c1-15-6-7-16(21(27)28-2)12-19(15)23-20(26)14-24-8-10-25(11-9-24)18-5-3-4-17(22)13-18/h3-7,12-13H,8-11,14H2,1-2H3,(H,23,26). The Hall–Kier alpha value is -2.57. The average molecular weight is 402 g/mol. The number of esters is 1. The number of methoxy groups -OCH3 is 1. The average Bonchev–Trinajstić information content (AvgIpc) is 2.69. The number of amides is 1. The second-order valence-corrected chi connectivity index (χ2v) is 7.25. The topological polar surface area (TPSA) is 61.9 Å². The molecule has 2 aromatic carbocycles. The number of nitrogens with one attached hydrogen (secondary N) is 1. The van der Waals surface area contributed by atoms with Gasteiger partial charge in [0.2, 0.25) is 5.91 Å². The third kappa shape index (κ3) is 5.03. The van der Waals surface area contributed by atoms with Crippen LogP contribution >= 0.6 is 11.6 Å². The Morgan fingerprint density at radius 2 is 1.86 bits per heavy atom. The molecular formula is C21H24ClN3O3. The van der Waals surface area contributed by atoms with Crippen molar-refractivity contribution in [3.63, 3.8) is 0 Å². The summed E-state index contributed by atoms with van der Waals surface area (Å²) in [4.78, 5) is 28.6. The summed E-state index contributed by atoms with van der Waals surface area (Å²) >= 11 is 6.07. The zero-order chi connectivity index (χ0) is 20.1. The van der Waals surface area contributed by atoms with Crippen LogP contribution in [0, 0.1) is 6.92 Å². The molecule has 7 heteroatoms. The first-order valence-corrected chi connectivity index (χ1v) is 9.56. The van der Waals surface area contributed by atoms with Crippen molar-refractivity contribution in [2.45, 2.75) is 6.92 Å². The van der Waals surface area contributed by atoms with E-state index in [1.54, 1.807) is 18.2 Å². The molecule has 1 aliphatic rings. The van der Waals surface area contributed by atoms with Crippen LogP contribution in [0.25, 0.3) is 0 Å². The maximum absolute atomic E-state index is 12.5. The van der Waals surface area contributed by atoms with Crippen LogP contribution in [0.3, 0.4) is 0 Å². The number of piperazine rings is 1. The van der Waals surface area contributed by atoms with Crippen LogP contribution < -0.4 is 10.2 Å². The molecule has 0 unspecified atom stereocenters. The molecule has 1 amide bonds. The molecule has 2 aromatic rings. The number of rotatable bonds is 5. The molecule has 1 saturated heterocycles. The summed E-state index contributed by atoms with van der Waals surface area (Å²) in [7, 11) is 1.34. The van der Waals surface area contributed by atoms with Crippen LogP contribution in [0.4, 0.5) is 11.4 Å². The molecule has 0 atom stereocenters. The van der Waals surface area contributed by atoms with E-state index in [4.69, 9.17) is 16.3 Å². The van der Waals surface area contributed by atoms with Crippen molar-refractivity contribution >= 4 is 34.9 Å². The fourth-order valence-corrected chi connectivity index (χ4v) is 3.42. The summed E-state index contributed by atoms with van der Waals surface area (Å²) in [5.41, 5.74) is 3.04. The van der Waals surface area contributed by atoms with Gasteiger partial charge in [0.05, 0.1) is 19.2 Å². The second-order valence-electron chi connectivity index (χ2n) is 6.81. The number of carbonyl (C=O) groups is 2. The minimum absolute atomic E-state index is 0.0960. The van der Waals surface area contributed by atoms with Crippen molar-refractivity contribution in [1.29, 1.82) is 0 Å². The largest absolute Gasteiger partial charge is 0.465 e. The third-order valence-electron chi connectivity index (χ3n) is 4.85. The van der Waals surface area contributed by atoms with E-state index in [1.807, 2.05) is 31.2 Å². The van der Waals surface area contributed by atoms with Gasteiger partial charge in [0.25, 0.3) is 0 Å². The number of ether oxygens (including phenoxy) is 1. The number of anilines is 2. The van der Waals surface area contributed by atoms with Crippen LogP contribution in [0.15, 0.2) is 42.5 Å². The number of carbonyl (C=O) groups excluding carboxylic acids is 2. The van der Waals surface area contributed by atoms with Gasteiger partial charge >= 0.3 is 5.97 Å². The van der Waals surface area contributed by atoms with Crippen molar-refractivity contribution in [1.82, 2.24) is 4.90 Å². The van der Waals surface area contributed by atoms with Gasteiger partial charge in [-0.05, 0) is 42.8 Å². The fraction of sp³-hybridized carbons (Fsp3) is 0.333. The van der Waals surface area contributed by atoms with Gasteiger partial charge in [-0.2, -0.15) is 0 Å². The Balaban J connectivity index is 1.54. The lowest BCUT2D eigenvalue weighted by Gasteiger charge is -2.35. The number of hydrogen-bond acceptors (Lipinski definition) is 5. The molecule has 0 bridgehead atoms. The monoisotopic (exact) mass is 401 g/mol. The molecule has 1 fully saturated rings. The Kier molecular flexibility index (Phi) is 6.54. The minimum Gasteiger partial charge on any atom is -0.465 e. The molecule has 1 N–H and O–H groups in total. The maximum atomic E-state index is 12.5. The summed E-state index contributed by atoms with van der Waals surface area (Å²) < 4.78 is 4.74. The number of nitrogens with zero attached hydrogens (tertiary/aromatic N) is 2. The molecule has 0 aliphatic carbocycles. The zero-order valence-corrected chi connectivity index (χ0v) is 16.8. The number of hydrogen-bond donors (Lipinski definition) is 1. The van der Waals surface area contributed by atoms with Crippen molar-refractivity contribution in [3.8, 4) is 0 Å². The summed E-state index contributed by atoms with van der Waals surface area (Å²) in [6.45, 7) is 5.46. The highest BCUT2D eigenvalue weighted by atomic mass is 35.5. The van der Waals surface area contributed by atoms with E-state index in [0.717, 1.165) is 42.5 Å². The first-order chi connectivity index (χ1) is 13.5. The van der Waals surface area contributed by atoms with Gasteiger partial charge in [-0.25, -0.2) is 4.79 Å². The Morgan fingerprint density at radius 1 is 1.11 bits per heavy atom. The van der Waals surface area contributed by atoms with E-state index >= 15 is 0 Å².